The van der Waals surface area contributed by atoms with E-state index in [0.29, 0.717) is 12.1 Å². The van der Waals surface area contributed by atoms with Crippen molar-refractivity contribution in [1.82, 2.24) is 5.32 Å². The van der Waals surface area contributed by atoms with E-state index in [9.17, 15) is 0 Å². The fourth-order valence-corrected chi connectivity index (χ4v) is 3.23. The Labute approximate surface area is 130 Å². The van der Waals surface area contributed by atoms with Gasteiger partial charge in [-0.15, -0.1) is 0 Å². The van der Waals surface area contributed by atoms with Crippen molar-refractivity contribution in [1.29, 1.82) is 0 Å². The van der Waals surface area contributed by atoms with Crippen molar-refractivity contribution < 1.29 is 4.74 Å². The first-order valence-corrected chi connectivity index (χ1v) is 8.57. The van der Waals surface area contributed by atoms with Gasteiger partial charge in [0.2, 0.25) is 0 Å². The first-order chi connectivity index (χ1) is 10.0. The minimum Gasteiger partial charge on any atom is -0.491 e. The molecule has 2 heteroatoms. The van der Waals surface area contributed by atoms with E-state index in [-0.39, 0.29) is 6.10 Å². The van der Waals surface area contributed by atoms with Gasteiger partial charge >= 0.3 is 0 Å². The molecule has 2 nitrogen and oxygen atoms in total. The lowest BCUT2D eigenvalue weighted by molar-refractivity contribution is 0.242. The standard InChI is InChI=1S/C19H31NO/c1-14(2)21-19-10-6-8-17(13-19)16(4)20-18-9-5-7-15(3)11-12-18/h6,8,10,13-16,18,20H,5,7,9,11-12H2,1-4H3. The second-order valence-corrected chi connectivity index (χ2v) is 6.94. The van der Waals surface area contributed by atoms with Crippen LogP contribution in [0, 0.1) is 5.92 Å². The molecule has 1 N–H and O–H groups in total. The molecule has 0 amide bonds. The summed E-state index contributed by atoms with van der Waals surface area (Å²) in [7, 11) is 0. The van der Waals surface area contributed by atoms with Crippen molar-refractivity contribution in [3.05, 3.63) is 29.8 Å². The molecule has 1 fully saturated rings. The number of nitrogens with one attached hydrogen (secondary N) is 1. The maximum Gasteiger partial charge on any atom is 0.120 e. The zero-order valence-corrected chi connectivity index (χ0v) is 14.1. The molecule has 1 saturated carbocycles. The number of hydrogen-bond acceptors (Lipinski definition) is 2. The first-order valence-electron chi connectivity index (χ1n) is 8.57. The topological polar surface area (TPSA) is 21.3 Å². The molecule has 1 aliphatic rings. The van der Waals surface area contributed by atoms with Crippen LogP contribution in [0.5, 0.6) is 5.75 Å². The first kappa shape index (κ1) is 16.4. The molecule has 0 bridgehead atoms. The third-order valence-corrected chi connectivity index (χ3v) is 4.47. The Morgan fingerprint density at radius 3 is 2.67 bits per heavy atom. The van der Waals surface area contributed by atoms with E-state index in [1.165, 1.54) is 37.7 Å². The summed E-state index contributed by atoms with van der Waals surface area (Å²) in [4.78, 5) is 0. The van der Waals surface area contributed by atoms with Gasteiger partial charge in [-0.2, -0.15) is 0 Å². The van der Waals surface area contributed by atoms with Gasteiger partial charge in [-0.05, 0) is 63.6 Å². The highest BCUT2D eigenvalue weighted by Crippen LogP contribution is 2.26. The van der Waals surface area contributed by atoms with E-state index in [2.05, 4.69) is 51.2 Å². The minimum atomic E-state index is 0.229. The Bertz CT molecular complexity index is 429. The van der Waals surface area contributed by atoms with Crippen molar-refractivity contribution in [3.8, 4) is 5.75 Å². The summed E-state index contributed by atoms with van der Waals surface area (Å²) in [5, 5.41) is 3.82. The number of ether oxygens (including phenoxy) is 1. The van der Waals surface area contributed by atoms with Crippen LogP contribution in [0.3, 0.4) is 0 Å². The van der Waals surface area contributed by atoms with Crippen LogP contribution >= 0.6 is 0 Å². The smallest absolute Gasteiger partial charge is 0.120 e. The van der Waals surface area contributed by atoms with Crippen molar-refractivity contribution in [3.63, 3.8) is 0 Å². The molecule has 0 aromatic heterocycles. The second kappa shape index (κ2) is 7.84. The third-order valence-electron chi connectivity index (χ3n) is 4.47. The molecule has 21 heavy (non-hydrogen) atoms. The molecule has 3 unspecified atom stereocenters. The van der Waals surface area contributed by atoms with Crippen LogP contribution in [0.25, 0.3) is 0 Å². The molecule has 1 aliphatic carbocycles. The number of hydrogen-bond donors (Lipinski definition) is 1. The van der Waals surface area contributed by atoms with Crippen LogP contribution in [0.4, 0.5) is 0 Å². The van der Waals surface area contributed by atoms with Gasteiger partial charge in [0.25, 0.3) is 0 Å². The fourth-order valence-electron chi connectivity index (χ4n) is 3.23. The largest absolute Gasteiger partial charge is 0.491 e. The Kier molecular flexibility index (Phi) is 6.10. The highest BCUT2D eigenvalue weighted by molar-refractivity contribution is 5.30. The Balaban J connectivity index is 1.94. The molecule has 3 atom stereocenters. The van der Waals surface area contributed by atoms with E-state index < -0.39 is 0 Å². The summed E-state index contributed by atoms with van der Waals surface area (Å²) in [6.07, 6.45) is 6.98. The van der Waals surface area contributed by atoms with Crippen LogP contribution in [0.2, 0.25) is 0 Å². The lowest BCUT2D eigenvalue weighted by Crippen LogP contribution is -2.31. The van der Waals surface area contributed by atoms with Crippen LogP contribution in [0.15, 0.2) is 24.3 Å². The molecule has 0 saturated heterocycles. The lowest BCUT2D eigenvalue weighted by atomic mass is 10.0. The van der Waals surface area contributed by atoms with E-state index in [4.69, 9.17) is 4.74 Å². The molecule has 0 heterocycles. The molecule has 0 aliphatic heterocycles. The van der Waals surface area contributed by atoms with Gasteiger partial charge in [0, 0.05) is 12.1 Å². The Morgan fingerprint density at radius 2 is 1.90 bits per heavy atom. The zero-order chi connectivity index (χ0) is 15.2. The molecule has 0 spiro atoms. The second-order valence-electron chi connectivity index (χ2n) is 6.94. The number of benzene rings is 1. The predicted octanol–water partition coefficient (Wildman–Crippen LogP) is 5.09. The summed E-state index contributed by atoms with van der Waals surface area (Å²) in [5.74, 6) is 1.88. The Hall–Kier alpha value is -1.02. The summed E-state index contributed by atoms with van der Waals surface area (Å²) in [6, 6.07) is 9.57. The van der Waals surface area contributed by atoms with Crippen molar-refractivity contribution >= 4 is 0 Å². The highest BCUT2D eigenvalue weighted by atomic mass is 16.5. The van der Waals surface area contributed by atoms with Gasteiger partial charge in [-0.1, -0.05) is 31.9 Å². The number of rotatable bonds is 5. The van der Waals surface area contributed by atoms with Gasteiger partial charge in [0.1, 0.15) is 5.75 Å². The molecular formula is C19H31NO. The average Bonchev–Trinajstić information content (AvgIpc) is 2.63. The van der Waals surface area contributed by atoms with Gasteiger partial charge in [0.05, 0.1) is 6.10 Å². The quantitative estimate of drug-likeness (QED) is 0.762. The van der Waals surface area contributed by atoms with Crippen LogP contribution in [-0.4, -0.2) is 12.1 Å². The molecule has 0 radical (unpaired) electrons. The molecule has 2 rings (SSSR count). The molecule has 1 aromatic carbocycles. The maximum atomic E-state index is 5.80. The lowest BCUT2D eigenvalue weighted by Gasteiger charge is -2.23. The fraction of sp³-hybridized carbons (Fsp3) is 0.684. The average molecular weight is 289 g/mol. The van der Waals surface area contributed by atoms with E-state index >= 15 is 0 Å². The third kappa shape index (κ3) is 5.35. The van der Waals surface area contributed by atoms with E-state index in [1.54, 1.807) is 0 Å². The summed E-state index contributed by atoms with van der Waals surface area (Å²) in [5.41, 5.74) is 1.32. The highest BCUT2D eigenvalue weighted by Gasteiger charge is 2.18. The zero-order valence-electron chi connectivity index (χ0n) is 14.1. The summed E-state index contributed by atoms with van der Waals surface area (Å²) < 4.78 is 5.80. The minimum absolute atomic E-state index is 0.229. The maximum absolute atomic E-state index is 5.80. The summed E-state index contributed by atoms with van der Waals surface area (Å²) >= 11 is 0. The molecule has 118 valence electrons. The molecular weight excluding hydrogens is 258 g/mol. The van der Waals surface area contributed by atoms with Gasteiger partial charge in [-0.3, -0.25) is 0 Å². The van der Waals surface area contributed by atoms with Crippen molar-refractivity contribution in [2.75, 3.05) is 0 Å². The van der Waals surface area contributed by atoms with Crippen LogP contribution in [0.1, 0.15) is 71.4 Å². The monoisotopic (exact) mass is 289 g/mol. The van der Waals surface area contributed by atoms with Gasteiger partial charge < -0.3 is 10.1 Å². The normalized spacial score (nSPS) is 24.6. The van der Waals surface area contributed by atoms with Crippen LogP contribution in [-0.2, 0) is 0 Å². The van der Waals surface area contributed by atoms with E-state index in [1.807, 2.05) is 6.07 Å². The van der Waals surface area contributed by atoms with E-state index in [0.717, 1.165) is 11.7 Å². The van der Waals surface area contributed by atoms with Crippen molar-refractivity contribution in [2.24, 2.45) is 5.92 Å². The SMILES string of the molecule is CC1CCCC(NC(C)c2cccc(OC(C)C)c2)CC1. The Morgan fingerprint density at radius 1 is 1.10 bits per heavy atom. The molecule has 1 aromatic rings. The summed E-state index contributed by atoms with van der Waals surface area (Å²) in [6.45, 7) is 8.80. The van der Waals surface area contributed by atoms with Gasteiger partial charge in [0.15, 0.2) is 0 Å². The van der Waals surface area contributed by atoms with Crippen molar-refractivity contribution in [2.45, 2.75) is 78.0 Å². The van der Waals surface area contributed by atoms with Crippen LogP contribution < -0.4 is 10.1 Å². The predicted molar refractivity (Wildman–Crippen MR) is 89.8 cm³/mol. The van der Waals surface area contributed by atoms with Gasteiger partial charge in [-0.25, -0.2) is 0 Å².